The summed E-state index contributed by atoms with van der Waals surface area (Å²) in [4.78, 5) is 14.3. The third-order valence-electron chi connectivity index (χ3n) is 3.71. The first-order valence-corrected chi connectivity index (χ1v) is 6.68. The molecule has 0 aromatic carbocycles. The van der Waals surface area contributed by atoms with Gasteiger partial charge in [0.25, 0.3) is 0 Å². The fraction of sp³-hybridized carbons (Fsp3) is 0.667. The number of hydrogen-bond acceptors (Lipinski definition) is 2. The molecule has 1 aliphatic rings. The van der Waals surface area contributed by atoms with Gasteiger partial charge in [-0.05, 0) is 38.9 Å². The van der Waals surface area contributed by atoms with Crippen LogP contribution in [-0.4, -0.2) is 35.9 Å². The highest BCUT2D eigenvalue weighted by atomic mass is 16.1. The van der Waals surface area contributed by atoms with Crippen molar-refractivity contribution in [3.8, 4) is 0 Å². The van der Waals surface area contributed by atoms with Crippen molar-refractivity contribution < 1.29 is 4.79 Å². The molecular weight excluding hydrogens is 224 g/mol. The molecule has 0 saturated heterocycles. The van der Waals surface area contributed by atoms with E-state index in [0.717, 1.165) is 18.5 Å². The summed E-state index contributed by atoms with van der Waals surface area (Å²) in [6.45, 7) is 7.58. The summed E-state index contributed by atoms with van der Waals surface area (Å²) in [5.74, 6) is 0.303. The zero-order valence-electron chi connectivity index (χ0n) is 12.2. The Balaban J connectivity index is 2.33. The second-order valence-corrected chi connectivity index (χ2v) is 6.64. The summed E-state index contributed by atoms with van der Waals surface area (Å²) in [5, 5.41) is 0. The van der Waals surface area contributed by atoms with Gasteiger partial charge in [0.15, 0.2) is 5.78 Å². The minimum Gasteiger partial charge on any atom is -0.347 e. The molecular formula is C15H24N2O. The second-order valence-electron chi connectivity index (χ2n) is 6.64. The van der Waals surface area contributed by atoms with Crippen LogP contribution in [0.2, 0.25) is 0 Å². The predicted molar refractivity (Wildman–Crippen MR) is 74.1 cm³/mol. The minimum atomic E-state index is 0.0953. The molecule has 1 unspecified atom stereocenters. The van der Waals surface area contributed by atoms with Crippen molar-refractivity contribution in [2.24, 2.45) is 5.41 Å². The standard InChI is InChI=1S/C15H24N2O/c1-11(10-16(4)5)17-7-6-12-13(17)8-15(2,3)9-14(12)18/h6-7,11H,8-10H2,1-5H3. The highest BCUT2D eigenvalue weighted by Crippen LogP contribution is 2.36. The smallest absolute Gasteiger partial charge is 0.165 e. The van der Waals surface area contributed by atoms with E-state index in [0.29, 0.717) is 18.2 Å². The average Bonchev–Trinajstić information content (AvgIpc) is 2.58. The van der Waals surface area contributed by atoms with E-state index < -0.39 is 0 Å². The summed E-state index contributed by atoms with van der Waals surface area (Å²) in [5.41, 5.74) is 2.27. The molecule has 3 heteroatoms. The number of likely N-dealkylation sites (N-methyl/N-ethyl adjacent to an activating group) is 1. The van der Waals surface area contributed by atoms with Crippen molar-refractivity contribution in [3.63, 3.8) is 0 Å². The maximum Gasteiger partial charge on any atom is 0.165 e. The topological polar surface area (TPSA) is 25.2 Å². The van der Waals surface area contributed by atoms with Gasteiger partial charge in [-0.2, -0.15) is 0 Å². The van der Waals surface area contributed by atoms with Crippen LogP contribution in [0.3, 0.4) is 0 Å². The molecule has 0 spiro atoms. The summed E-state index contributed by atoms with van der Waals surface area (Å²) in [7, 11) is 4.17. The van der Waals surface area contributed by atoms with Gasteiger partial charge in [-0.15, -0.1) is 0 Å². The third-order valence-corrected chi connectivity index (χ3v) is 3.71. The third kappa shape index (κ3) is 2.51. The van der Waals surface area contributed by atoms with Crippen molar-refractivity contribution in [2.75, 3.05) is 20.6 Å². The number of ketones is 1. The van der Waals surface area contributed by atoms with Crippen LogP contribution in [0, 0.1) is 5.41 Å². The number of carbonyl (C=O) groups excluding carboxylic acids is 1. The van der Waals surface area contributed by atoms with Gasteiger partial charge in [0.1, 0.15) is 0 Å². The summed E-state index contributed by atoms with van der Waals surface area (Å²) >= 11 is 0. The van der Waals surface area contributed by atoms with Crippen molar-refractivity contribution >= 4 is 5.78 Å². The second kappa shape index (κ2) is 4.54. The molecule has 1 aromatic heterocycles. The monoisotopic (exact) mass is 248 g/mol. The van der Waals surface area contributed by atoms with Crippen LogP contribution in [0.1, 0.15) is 49.3 Å². The molecule has 0 radical (unpaired) electrons. The number of nitrogens with zero attached hydrogens (tertiary/aromatic N) is 2. The number of aromatic nitrogens is 1. The van der Waals surface area contributed by atoms with Crippen molar-refractivity contribution in [3.05, 3.63) is 23.5 Å². The van der Waals surface area contributed by atoms with Gasteiger partial charge in [-0.1, -0.05) is 13.8 Å². The van der Waals surface area contributed by atoms with E-state index in [9.17, 15) is 4.79 Å². The fourth-order valence-corrected chi connectivity index (χ4v) is 3.00. The van der Waals surface area contributed by atoms with Crippen LogP contribution < -0.4 is 0 Å². The minimum absolute atomic E-state index is 0.0953. The molecule has 2 rings (SSSR count). The first-order chi connectivity index (χ1) is 8.30. The van der Waals surface area contributed by atoms with Crippen LogP contribution in [-0.2, 0) is 6.42 Å². The van der Waals surface area contributed by atoms with Gasteiger partial charge in [0, 0.05) is 36.5 Å². The van der Waals surface area contributed by atoms with Gasteiger partial charge < -0.3 is 9.47 Å². The molecule has 0 saturated carbocycles. The van der Waals surface area contributed by atoms with Gasteiger partial charge in [-0.3, -0.25) is 4.79 Å². The molecule has 3 nitrogen and oxygen atoms in total. The van der Waals surface area contributed by atoms with Crippen molar-refractivity contribution in [1.82, 2.24) is 9.47 Å². The average molecular weight is 248 g/mol. The molecule has 0 aliphatic heterocycles. The molecule has 0 N–H and O–H groups in total. The zero-order chi connectivity index (χ0) is 13.5. The lowest BCUT2D eigenvalue weighted by molar-refractivity contribution is 0.0909. The SMILES string of the molecule is CC(CN(C)C)n1ccc2c1CC(C)(C)CC2=O. The molecule has 1 heterocycles. The predicted octanol–water partition coefficient (Wildman–Crippen LogP) is 2.77. The number of rotatable bonds is 3. The van der Waals surface area contributed by atoms with Crippen LogP contribution in [0.25, 0.3) is 0 Å². The number of Topliss-reactive ketones (excluding diaryl/α,β-unsaturated/α-hetero) is 1. The summed E-state index contributed by atoms with van der Waals surface area (Å²) < 4.78 is 2.29. The number of carbonyl (C=O) groups is 1. The Labute approximate surface area is 110 Å². The molecule has 1 aromatic rings. The van der Waals surface area contributed by atoms with Gasteiger partial charge >= 0.3 is 0 Å². The van der Waals surface area contributed by atoms with E-state index in [1.807, 2.05) is 6.07 Å². The Kier molecular flexibility index (Phi) is 3.37. The van der Waals surface area contributed by atoms with Crippen LogP contribution in [0.4, 0.5) is 0 Å². The summed E-state index contributed by atoms with van der Waals surface area (Å²) in [6, 6.07) is 2.41. The summed E-state index contributed by atoms with van der Waals surface area (Å²) in [6.07, 6.45) is 3.75. The first-order valence-electron chi connectivity index (χ1n) is 6.68. The molecule has 1 aliphatic carbocycles. The lowest BCUT2D eigenvalue weighted by atomic mass is 9.76. The maximum absolute atomic E-state index is 12.1. The number of hydrogen-bond donors (Lipinski definition) is 0. The van der Waals surface area contributed by atoms with E-state index in [4.69, 9.17) is 0 Å². The van der Waals surface area contributed by atoms with Gasteiger partial charge in [0.05, 0.1) is 0 Å². The molecule has 0 amide bonds. The van der Waals surface area contributed by atoms with E-state index in [1.54, 1.807) is 0 Å². The highest BCUT2D eigenvalue weighted by molar-refractivity contribution is 5.98. The molecule has 0 bridgehead atoms. The van der Waals surface area contributed by atoms with E-state index in [1.165, 1.54) is 5.69 Å². The molecule has 1 atom stereocenters. The Morgan fingerprint density at radius 3 is 2.67 bits per heavy atom. The van der Waals surface area contributed by atoms with E-state index in [-0.39, 0.29) is 5.41 Å². The highest BCUT2D eigenvalue weighted by Gasteiger charge is 2.33. The van der Waals surface area contributed by atoms with Crippen molar-refractivity contribution in [2.45, 2.75) is 39.7 Å². The largest absolute Gasteiger partial charge is 0.347 e. The van der Waals surface area contributed by atoms with Crippen molar-refractivity contribution in [1.29, 1.82) is 0 Å². The van der Waals surface area contributed by atoms with Gasteiger partial charge in [0.2, 0.25) is 0 Å². The van der Waals surface area contributed by atoms with E-state index in [2.05, 4.69) is 50.5 Å². The van der Waals surface area contributed by atoms with Crippen LogP contribution in [0.5, 0.6) is 0 Å². The molecule has 100 valence electrons. The molecule has 0 fully saturated rings. The lowest BCUT2D eigenvalue weighted by Gasteiger charge is -2.31. The van der Waals surface area contributed by atoms with Crippen LogP contribution in [0.15, 0.2) is 12.3 Å². The Morgan fingerprint density at radius 1 is 1.39 bits per heavy atom. The normalized spacial score (nSPS) is 20.0. The Bertz CT molecular complexity index is 457. The Morgan fingerprint density at radius 2 is 2.06 bits per heavy atom. The zero-order valence-corrected chi connectivity index (χ0v) is 12.2. The quantitative estimate of drug-likeness (QED) is 0.822. The van der Waals surface area contributed by atoms with Gasteiger partial charge in [-0.25, -0.2) is 0 Å². The maximum atomic E-state index is 12.1. The fourth-order valence-electron chi connectivity index (χ4n) is 3.00. The first kappa shape index (κ1) is 13.3. The number of fused-ring (bicyclic) bond motifs is 1. The molecule has 18 heavy (non-hydrogen) atoms. The Hall–Kier alpha value is -1.09. The lowest BCUT2D eigenvalue weighted by Crippen LogP contribution is -2.30. The van der Waals surface area contributed by atoms with E-state index >= 15 is 0 Å². The van der Waals surface area contributed by atoms with Crippen LogP contribution >= 0.6 is 0 Å².